The van der Waals surface area contributed by atoms with Crippen LogP contribution in [0.1, 0.15) is 26.2 Å². The van der Waals surface area contributed by atoms with Crippen molar-refractivity contribution >= 4 is 11.8 Å². The number of nitrogens with two attached hydrogens (primary N) is 1. The van der Waals surface area contributed by atoms with Crippen molar-refractivity contribution in [1.29, 1.82) is 0 Å². The zero-order chi connectivity index (χ0) is 11.3. The van der Waals surface area contributed by atoms with Gasteiger partial charge in [0.05, 0.1) is 0 Å². The topological polar surface area (TPSA) is 75.4 Å². The lowest BCUT2D eigenvalue weighted by atomic mass is 10.2. The lowest BCUT2D eigenvalue weighted by molar-refractivity contribution is -0.131. The lowest BCUT2D eigenvalue weighted by Gasteiger charge is -2.19. The normalized spacial score (nSPS) is 19.3. The van der Waals surface area contributed by atoms with Crippen LogP contribution in [0.4, 0.5) is 0 Å². The van der Waals surface area contributed by atoms with Gasteiger partial charge in [0.25, 0.3) is 0 Å². The Kier molecular flexibility index (Phi) is 4.55. The van der Waals surface area contributed by atoms with Gasteiger partial charge in [-0.2, -0.15) is 0 Å². The van der Waals surface area contributed by atoms with Crippen molar-refractivity contribution in [3.05, 3.63) is 0 Å². The Bertz CT molecular complexity index is 241. The van der Waals surface area contributed by atoms with Crippen molar-refractivity contribution in [2.24, 2.45) is 5.73 Å². The molecule has 0 aliphatic carbocycles. The van der Waals surface area contributed by atoms with Crippen LogP contribution in [0, 0.1) is 0 Å². The molecule has 1 fully saturated rings. The second-order valence-corrected chi connectivity index (χ2v) is 4.00. The Balaban J connectivity index is 2.35. The minimum atomic E-state index is 0.0255. The molecule has 1 rings (SSSR count). The van der Waals surface area contributed by atoms with E-state index < -0.39 is 0 Å². The van der Waals surface area contributed by atoms with Crippen LogP contribution in [0.3, 0.4) is 0 Å². The average molecular weight is 213 g/mol. The van der Waals surface area contributed by atoms with E-state index in [1.807, 2.05) is 6.92 Å². The third-order valence-electron chi connectivity index (χ3n) is 2.48. The molecule has 3 N–H and O–H groups in total. The van der Waals surface area contributed by atoms with Gasteiger partial charge in [0.2, 0.25) is 11.8 Å². The molecule has 1 heterocycles. The Hall–Kier alpha value is -1.10. The number of carbonyl (C=O) groups is 2. The summed E-state index contributed by atoms with van der Waals surface area (Å²) in [7, 11) is 0. The largest absolute Gasteiger partial charge is 0.354 e. The Labute approximate surface area is 90.0 Å². The van der Waals surface area contributed by atoms with Crippen molar-refractivity contribution in [2.75, 3.05) is 19.6 Å². The summed E-state index contributed by atoms with van der Waals surface area (Å²) in [4.78, 5) is 24.5. The van der Waals surface area contributed by atoms with Crippen LogP contribution in [0.2, 0.25) is 0 Å². The fourth-order valence-corrected chi connectivity index (χ4v) is 1.53. The van der Waals surface area contributed by atoms with Crippen molar-refractivity contribution in [3.8, 4) is 0 Å². The summed E-state index contributed by atoms with van der Waals surface area (Å²) < 4.78 is 0. The molecule has 1 saturated heterocycles. The molecular formula is C10H19N3O2. The van der Waals surface area contributed by atoms with E-state index in [9.17, 15) is 9.59 Å². The quantitative estimate of drug-likeness (QED) is 0.661. The van der Waals surface area contributed by atoms with E-state index in [1.165, 1.54) is 0 Å². The lowest BCUT2D eigenvalue weighted by Crippen LogP contribution is -2.34. The summed E-state index contributed by atoms with van der Waals surface area (Å²) in [6, 6.07) is 0.0562. The van der Waals surface area contributed by atoms with E-state index in [-0.39, 0.29) is 17.9 Å². The minimum absolute atomic E-state index is 0.0255. The third kappa shape index (κ3) is 4.29. The molecule has 0 aromatic rings. The number of hydrogen-bond donors (Lipinski definition) is 2. The van der Waals surface area contributed by atoms with Gasteiger partial charge in [-0.3, -0.25) is 9.59 Å². The molecule has 15 heavy (non-hydrogen) atoms. The van der Waals surface area contributed by atoms with Gasteiger partial charge in [0, 0.05) is 38.5 Å². The van der Waals surface area contributed by atoms with Gasteiger partial charge < -0.3 is 16.0 Å². The zero-order valence-corrected chi connectivity index (χ0v) is 9.16. The first-order chi connectivity index (χ1) is 7.09. The van der Waals surface area contributed by atoms with Gasteiger partial charge >= 0.3 is 0 Å². The molecule has 0 radical (unpaired) electrons. The number of carbonyl (C=O) groups excluding carboxylic acids is 2. The fourth-order valence-electron chi connectivity index (χ4n) is 1.53. The van der Waals surface area contributed by atoms with E-state index in [0.29, 0.717) is 38.9 Å². The highest BCUT2D eigenvalue weighted by Gasteiger charge is 2.17. The summed E-state index contributed by atoms with van der Waals surface area (Å²) in [5.41, 5.74) is 5.59. The zero-order valence-electron chi connectivity index (χ0n) is 9.16. The molecule has 2 amide bonds. The molecule has 5 heteroatoms. The molecule has 5 nitrogen and oxygen atoms in total. The molecule has 0 spiro atoms. The van der Waals surface area contributed by atoms with Crippen molar-refractivity contribution in [1.82, 2.24) is 10.2 Å². The SMILES string of the molecule is CC(N)CCC(=O)N1CCNC(=O)CC1. The number of nitrogens with zero attached hydrogens (tertiary/aromatic N) is 1. The molecule has 0 aromatic carbocycles. The first kappa shape index (κ1) is 12.0. The summed E-state index contributed by atoms with van der Waals surface area (Å²) in [5, 5.41) is 2.74. The highest BCUT2D eigenvalue weighted by molar-refractivity contribution is 5.80. The van der Waals surface area contributed by atoms with E-state index >= 15 is 0 Å². The summed E-state index contributed by atoms with van der Waals surface area (Å²) in [5.74, 6) is 0.126. The molecular weight excluding hydrogens is 194 g/mol. The maximum atomic E-state index is 11.7. The van der Waals surface area contributed by atoms with Gasteiger partial charge in [0.15, 0.2) is 0 Å². The smallest absolute Gasteiger partial charge is 0.222 e. The number of amides is 2. The van der Waals surface area contributed by atoms with Crippen molar-refractivity contribution < 1.29 is 9.59 Å². The van der Waals surface area contributed by atoms with Gasteiger partial charge in [-0.25, -0.2) is 0 Å². The van der Waals surface area contributed by atoms with Crippen LogP contribution < -0.4 is 11.1 Å². The summed E-state index contributed by atoms with van der Waals surface area (Å²) in [6.07, 6.45) is 1.59. The van der Waals surface area contributed by atoms with Crippen LogP contribution in [0.25, 0.3) is 0 Å². The maximum absolute atomic E-state index is 11.7. The predicted octanol–water partition coefficient (Wildman–Crippen LogP) is -0.538. The van der Waals surface area contributed by atoms with Crippen LogP contribution >= 0.6 is 0 Å². The van der Waals surface area contributed by atoms with Crippen LogP contribution in [-0.2, 0) is 9.59 Å². The summed E-state index contributed by atoms with van der Waals surface area (Å²) >= 11 is 0. The van der Waals surface area contributed by atoms with Crippen molar-refractivity contribution in [3.63, 3.8) is 0 Å². The average Bonchev–Trinajstić information content (AvgIpc) is 2.39. The second kappa shape index (κ2) is 5.70. The van der Waals surface area contributed by atoms with E-state index in [1.54, 1.807) is 4.90 Å². The van der Waals surface area contributed by atoms with Gasteiger partial charge in [-0.15, -0.1) is 0 Å². The van der Waals surface area contributed by atoms with Crippen LogP contribution in [0.15, 0.2) is 0 Å². The first-order valence-electron chi connectivity index (χ1n) is 5.39. The van der Waals surface area contributed by atoms with Gasteiger partial charge in [-0.05, 0) is 13.3 Å². The predicted molar refractivity (Wildman–Crippen MR) is 57.1 cm³/mol. The first-order valence-corrected chi connectivity index (χ1v) is 5.39. The fraction of sp³-hybridized carbons (Fsp3) is 0.800. The van der Waals surface area contributed by atoms with E-state index in [0.717, 1.165) is 0 Å². The molecule has 1 atom stereocenters. The standard InChI is InChI=1S/C10H19N3O2/c1-8(11)2-3-10(15)13-6-4-9(14)12-5-7-13/h8H,2-7,11H2,1H3,(H,12,14). The van der Waals surface area contributed by atoms with Gasteiger partial charge in [-0.1, -0.05) is 0 Å². The summed E-state index contributed by atoms with van der Waals surface area (Å²) in [6.45, 7) is 3.59. The monoisotopic (exact) mass is 213 g/mol. The number of nitrogens with one attached hydrogen (secondary N) is 1. The highest BCUT2D eigenvalue weighted by atomic mass is 16.2. The number of rotatable bonds is 3. The van der Waals surface area contributed by atoms with Crippen molar-refractivity contribution in [2.45, 2.75) is 32.2 Å². The molecule has 1 unspecified atom stereocenters. The Morgan fingerprint density at radius 1 is 1.60 bits per heavy atom. The molecule has 1 aliphatic heterocycles. The van der Waals surface area contributed by atoms with Crippen LogP contribution in [0.5, 0.6) is 0 Å². The third-order valence-corrected chi connectivity index (χ3v) is 2.48. The number of hydrogen-bond acceptors (Lipinski definition) is 3. The molecule has 1 aliphatic rings. The molecule has 0 aromatic heterocycles. The second-order valence-electron chi connectivity index (χ2n) is 4.00. The molecule has 0 saturated carbocycles. The maximum Gasteiger partial charge on any atom is 0.222 e. The van der Waals surface area contributed by atoms with E-state index in [2.05, 4.69) is 5.32 Å². The van der Waals surface area contributed by atoms with Crippen LogP contribution in [-0.4, -0.2) is 42.4 Å². The van der Waals surface area contributed by atoms with Gasteiger partial charge in [0.1, 0.15) is 0 Å². The van der Waals surface area contributed by atoms with E-state index in [4.69, 9.17) is 5.73 Å². The molecule has 0 bridgehead atoms. The minimum Gasteiger partial charge on any atom is -0.354 e. The Morgan fingerprint density at radius 2 is 2.33 bits per heavy atom. The Morgan fingerprint density at radius 3 is 3.00 bits per heavy atom. The highest BCUT2D eigenvalue weighted by Crippen LogP contribution is 2.03. The molecule has 86 valence electrons.